The molecule has 0 aliphatic rings. The number of ether oxygens (including phenoxy) is 1. The molecule has 2 aromatic carbocycles. The van der Waals surface area contributed by atoms with Gasteiger partial charge in [-0.05, 0) is 69.3 Å². The van der Waals surface area contributed by atoms with Crippen molar-refractivity contribution in [2.45, 2.75) is 31.2 Å². The van der Waals surface area contributed by atoms with E-state index in [-0.39, 0.29) is 21.8 Å². The van der Waals surface area contributed by atoms with Crippen LogP contribution in [0.2, 0.25) is 0 Å². The van der Waals surface area contributed by atoms with E-state index in [0.29, 0.717) is 17.3 Å². The van der Waals surface area contributed by atoms with E-state index in [1.165, 1.54) is 51.3 Å². The van der Waals surface area contributed by atoms with Crippen LogP contribution in [0.3, 0.4) is 0 Å². The third kappa shape index (κ3) is 5.09. The minimum Gasteiger partial charge on any atom is -0.495 e. The van der Waals surface area contributed by atoms with Crippen molar-refractivity contribution in [2.24, 2.45) is 5.73 Å². The number of anilines is 2. The molecular weight excluding hydrogens is 437 g/mol. The monoisotopic (exact) mass is 461 g/mol. The van der Waals surface area contributed by atoms with Crippen LogP contribution in [0.4, 0.5) is 15.8 Å². The molecule has 0 spiro atoms. The van der Waals surface area contributed by atoms with E-state index in [2.05, 4.69) is 10.0 Å². The second-order valence-electron chi connectivity index (χ2n) is 7.75. The smallest absolute Gasteiger partial charge is 0.261 e. The number of furan rings is 1. The van der Waals surface area contributed by atoms with Gasteiger partial charge in [-0.25, -0.2) is 12.8 Å². The van der Waals surface area contributed by atoms with Gasteiger partial charge in [0.05, 0.1) is 34.5 Å². The van der Waals surface area contributed by atoms with Crippen molar-refractivity contribution >= 4 is 27.3 Å². The third-order valence-electron chi connectivity index (χ3n) is 4.54. The molecule has 1 aromatic heterocycles. The summed E-state index contributed by atoms with van der Waals surface area (Å²) in [6.45, 7) is 4.79. The maximum atomic E-state index is 14.6. The van der Waals surface area contributed by atoms with Gasteiger partial charge in [0.1, 0.15) is 23.1 Å². The van der Waals surface area contributed by atoms with E-state index in [1.54, 1.807) is 19.1 Å². The SMILES string of the molecule is COc1ccc(NS(=O)(=O)c2ccc(-c3ccc(C)o3)c(F)c2)cc1NC(=O)C(C)(C)N. The topological polar surface area (TPSA) is 124 Å². The van der Waals surface area contributed by atoms with Gasteiger partial charge in [0.15, 0.2) is 0 Å². The van der Waals surface area contributed by atoms with Crippen molar-refractivity contribution in [1.29, 1.82) is 0 Å². The highest BCUT2D eigenvalue weighted by Gasteiger charge is 2.24. The summed E-state index contributed by atoms with van der Waals surface area (Å²) in [7, 11) is -2.71. The van der Waals surface area contributed by atoms with Gasteiger partial charge in [0.25, 0.3) is 10.0 Å². The number of nitrogens with two attached hydrogens (primary N) is 1. The second-order valence-corrected chi connectivity index (χ2v) is 9.43. The predicted molar refractivity (Wildman–Crippen MR) is 120 cm³/mol. The first-order valence-electron chi connectivity index (χ1n) is 9.58. The summed E-state index contributed by atoms with van der Waals surface area (Å²) >= 11 is 0. The maximum absolute atomic E-state index is 14.6. The van der Waals surface area contributed by atoms with Gasteiger partial charge >= 0.3 is 0 Å². The Morgan fingerprint density at radius 3 is 2.41 bits per heavy atom. The Kier molecular flexibility index (Phi) is 6.29. The van der Waals surface area contributed by atoms with Gasteiger partial charge in [-0.2, -0.15) is 0 Å². The van der Waals surface area contributed by atoms with E-state index in [4.69, 9.17) is 14.9 Å². The molecule has 1 heterocycles. The van der Waals surface area contributed by atoms with Gasteiger partial charge < -0.3 is 20.2 Å². The van der Waals surface area contributed by atoms with E-state index in [9.17, 15) is 17.6 Å². The van der Waals surface area contributed by atoms with Crippen LogP contribution in [0.15, 0.2) is 57.8 Å². The summed E-state index contributed by atoms with van der Waals surface area (Å²) in [5.41, 5.74) is 5.15. The van der Waals surface area contributed by atoms with Crippen molar-refractivity contribution in [3.8, 4) is 17.1 Å². The lowest BCUT2D eigenvalue weighted by atomic mass is 10.1. The van der Waals surface area contributed by atoms with Crippen LogP contribution in [-0.4, -0.2) is 27.0 Å². The lowest BCUT2D eigenvalue weighted by molar-refractivity contribution is -0.120. The number of methoxy groups -OCH3 is 1. The Morgan fingerprint density at radius 2 is 1.84 bits per heavy atom. The van der Waals surface area contributed by atoms with Gasteiger partial charge in [0, 0.05) is 0 Å². The summed E-state index contributed by atoms with van der Waals surface area (Å²) in [6.07, 6.45) is 0. The number of aryl methyl sites for hydroxylation is 1. The van der Waals surface area contributed by atoms with E-state index >= 15 is 0 Å². The van der Waals surface area contributed by atoms with Crippen LogP contribution in [-0.2, 0) is 14.8 Å². The zero-order chi connectivity index (χ0) is 23.7. The van der Waals surface area contributed by atoms with Crippen LogP contribution in [0.25, 0.3) is 11.3 Å². The Balaban J connectivity index is 1.88. The molecule has 8 nitrogen and oxygen atoms in total. The summed E-state index contributed by atoms with van der Waals surface area (Å²) in [6, 6.07) is 11.2. The van der Waals surface area contributed by atoms with Gasteiger partial charge in [-0.1, -0.05) is 0 Å². The van der Waals surface area contributed by atoms with Crippen molar-refractivity contribution < 1.29 is 26.8 Å². The first kappa shape index (κ1) is 23.3. The molecule has 0 aliphatic carbocycles. The van der Waals surface area contributed by atoms with Gasteiger partial charge in [-0.15, -0.1) is 0 Å². The fourth-order valence-electron chi connectivity index (χ4n) is 2.81. The molecule has 3 aromatic rings. The summed E-state index contributed by atoms with van der Waals surface area (Å²) < 4.78 is 53.2. The van der Waals surface area contributed by atoms with Crippen LogP contribution in [0.5, 0.6) is 5.75 Å². The number of hydrogen-bond acceptors (Lipinski definition) is 6. The number of nitrogens with one attached hydrogen (secondary N) is 2. The molecule has 170 valence electrons. The number of sulfonamides is 1. The molecule has 0 saturated carbocycles. The molecule has 0 unspecified atom stereocenters. The second kappa shape index (κ2) is 8.64. The van der Waals surface area contributed by atoms with Crippen LogP contribution < -0.4 is 20.5 Å². The molecule has 4 N–H and O–H groups in total. The average molecular weight is 462 g/mol. The maximum Gasteiger partial charge on any atom is 0.261 e. The Bertz CT molecular complexity index is 1260. The Labute approximate surface area is 185 Å². The number of carbonyl (C=O) groups is 1. The predicted octanol–water partition coefficient (Wildman–Crippen LogP) is 3.88. The van der Waals surface area contributed by atoms with Crippen molar-refractivity contribution in [1.82, 2.24) is 0 Å². The number of amides is 1. The lowest BCUT2D eigenvalue weighted by Crippen LogP contribution is -2.45. The molecule has 0 bridgehead atoms. The van der Waals surface area contributed by atoms with Gasteiger partial charge in [-0.3, -0.25) is 9.52 Å². The molecule has 1 amide bonds. The van der Waals surface area contributed by atoms with E-state index in [1.807, 2.05) is 0 Å². The highest BCUT2D eigenvalue weighted by molar-refractivity contribution is 7.92. The third-order valence-corrected chi connectivity index (χ3v) is 5.92. The molecule has 0 atom stereocenters. The van der Waals surface area contributed by atoms with Crippen LogP contribution in [0, 0.1) is 12.7 Å². The number of hydrogen-bond donors (Lipinski definition) is 3. The first-order chi connectivity index (χ1) is 14.9. The number of rotatable bonds is 7. The fraction of sp³-hybridized carbons (Fsp3) is 0.227. The molecule has 32 heavy (non-hydrogen) atoms. The summed E-state index contributed by atoms with van der Waals surface area (Å²) in [5, 5.41) is 2.61. The molecule has 0 radical (unpaired) electrons. The molecule has 0 aliphatic heterocycles. The largest absolute Gasteiger partial charge is 0.495 e. The quantitative estimate of drug-likeness (QED) is 0.491. The van der Waals surface area contributed by atoms with Crippen molar-refractivity contribution in [2.75, 3.05) is 17.1 Å². The highest BCUT2D eigenvalue weighted by atomic mass is 32.2. The lowest BCUT2D eigenvalue weighted by Gasteiger charge is -2.19. The highest BCUT2D eigenvalue weighted by Crippen LogP contribution is 2.31. The van der Waals surface area contributed by atoms with Crippen molar-refractivity contribution in [3.63, 3.8) is 0 Å². The molecule has 0 fully saturated rings. The number of carbonyl (C=O) groups excluding carboxylic acids is 1. The first-order valence-corrected chi connectivity index (χ1v) is 11.1. The number of benzene rings is 2. The van der Waals surface area contributed by atoms with E-state index in [0.717, 1.165) is 6.07 Å². The molecule has 0 saturated heterocycles. The normalized spacial score (nSPS) is 11.8. The fourth-order valence-corrected chi connectivity index (χ4v) is 3.87. The average Bonchev–Trinajstić information content (AvgIpc) is 3.13. The van der Waals surface area contributed by atoms with E-state index < -0.39 is 27.3 Å². The zero-order valence-electron chi connectivity index (χ0n) is 18.0. The standard InChI is InChI=1S/C22H24FN3O5S/c1-13-5-9-19(31-13)16-8-7-15(12-17(16)23)32(28,29)26-14-6-10-20(30-4)18(11-14)25-21(27)22(2,3)24/h5-12,26H,24H2,1-4H3,(H,25,27). The van der Waals surface area contributed by atoms with Crippen LogP contribution >= 0.6 is 0 Å². The minimum absolute atomic E-state index is 0.141. The minimum atomic E-state index is -4.12. The number of halogens is 1. The molecule has 3 rings (SSSR count). The summed E-state index contributed by atoms with van der Waals surface area (Å²) in [4.78, 5) is 12.0. The Morgan fingerprint density at radius 1 is 1.12 bits per heavy atom. The van der Waals surface area contributed by atoms with Gasteiger partial charge in [0.2, 0.25) is 5.91 Å². The zero-order valence-corrected chi connectivity index (χ0v) is 18.8. The Hall–Kier alpha value is -3.37. The molecular formula is C22H24FN3O5S. The van der Waals surface area contributed by atoms with Crippen molar-refractivity contribution in [3.05, 3.63) is 60.1 Å². The molecule has 10 heteroatoms. The summed E-state index contributed by atoms with van der Waals surface area (Å²) in [5.74, 6) is -0.000126. The van der Waals surface area contributed by atoms with Crippen LogP contribution in [0.1, 0.15) is 19.6 Å².